The molecular formula is C20H26N2. The monoisotopic (exact) mass is 294 g/mol. The maximum atomic E-state index is 4.81. The number of H-pyrrole nitrogens is 1. The van der Waals surface area contributed by atoms with Crippen LogP contribution in [0.15, 0.2) is 33.5 Å². The molecule has 0 atom stereocenters. The number of rotatable bonds is 1. The van der Waals surface area contributed by atoms with Crippen LogP contribution >= 0.6 is 0 Å². The van der Waals surface area contributed by atoms with Crippen LogP contribution in [0.4, 0.5) is 0 Å². The Morgan fingerprint density at radius 2 is 1.64 bits per heavy atom. The van der Waals surface area contributed by atoms with Crippen molar-refractivity contribution in [1.82, 2.24) is 4.98 Å². The first-order valence-electron chi connectivity index (χ1n) is 8.23. The summed E-state index contributed by atoms with van der Waals surface area (Å²) in [4.78, 5) is 8.40. The summed E-state index contributed by atoms with van der Waals surface area (Å²) in [5, 5.41) is 0. The maximum absolute atomic E-state index is 4.81. The molecule has 22 heavy (non-hydrogen) atoms. The molecule has 0 saturated carbocycles. The van der Waals surface area contributed by atoms with Gasteiger partial charge in [-0.3, -0.25) is 4.99 Å². The lowest BCUT2D eigenvalue weighted by molar-refractivity contribution is 0.822. The van der Waals surface area contributed by atoms with Crippen LogP contribution in [0.2, 0.25) is 0 Å². The number of nitrogens with zero attached hydrogens (tertiary/aromatic N) is 1. The molecule has 0 unspecified atom stereocenters. The van der Waals surface area contributed by atoms with Gasteiger partial charge in [0.05, 0.1) is 5.70 Å². The van der Waals surface area contributed by atoms with Gasteiger partial charge >= 0.3 is 0 Å². The zero-order valence-corrected chi connectivity index (χ0v) is 14.6. The predicted octanol–water partition coefficient (Wildman–Crippen LogP) is 5.57. The minimum Gasteiger partial charge on any atom is -0.358 e. The van der Waals surface area contributed by atoms with Gasteiger partial charge in [-0.2, -0.15) is 0 Å². The Hall–Kier alpha value is -1.83. The first kappa shape index (κ1) is 15.1. The van der Waals surface area contributed by atoms with E-state index in [-0.39, 0.29) is 0 Å². The first-order valence-corrected chi connectivity index (χ1v) is 8.23. The number of aromatic nitrogens is 1. The Labute approximate surface area is 133 Å². The van der Waals surface area contributed by atoms with E-state index >= 15 is 0 Å². The van der Waals surface area contributed by atoms with Crippen LogP contribution in [-0.4, -0.2) is 10.7 Å². The number of aliphatic imine (C=N–C) groups is 1. The third-order valence-electron chi connectivity index (χ3n) is 5.42. The molecule has 2 heterocycles. The Kier molecular flexibility index (Phi) is 3.72. The lowest BCUT2D eigenvalue weighted by Gasteiger charge is -2.17. The Morgan fingerprint density at radius 1 is 0.909 bits per heavy atom. The number of hydrogen-bond acceptors (Lipinski definition) is 1. The molecular weight excluding hydrogens is 268 g/mol. The van der Waals surface area contributed by atoms with E-state index in [1.165, 1.54) is 62.6 Å². The van der Waals surface area contributed by atoms with Crippen LogP contribution < -0.4 is 0 Å². The standard InChI is InChI=1S/C20H26N2/c1-11-13(3)19(21-15(11)5)17-8-7-9-18(10-17)20-14(4)12(2)16(6)22-20/h10,21H,7-9H2,1-6H3/b20-18+. The summed E-state index contributed by atoms with van der Waals surface area (Å²) < 4.78 is 0. The van der Waals surface area contributed by atoms with Gasteiger partial charge in [-0.05, 0) is 94.2 Å². The minimum atomic E-state index is 1.14. The summed E-state index contributed by atoms with van der Waals surface area (Å²) in [6.45, 7) is 13.1. The number of aryl methyl sites for hydroxylation is 1. The lowest BCUT2D eigenvalue weighted by Crippen LogP contribution is -1.99. The second kappa shape index (κ2) is 5.42. The molecule has 1 aliphatic heterocycles. The van der Waals surface area contributed by atoms with Crippen LogP contribution in [-0.2, 0) is 0 Å². The van der Waals surface area contributed by atoms with E-state index < -0.39 is 0 Å². The molecule has 0 fully saturated rings. The number of nitrogens with one attached hydrogen (secondary N) is 1. The fourth-order valence-corrected chi connectivity index (χ4v) is 3.47. The third-order valence-corrected chi connectivity index (χ3v) is 5.42. The summed E-state index contributed by atoms with van der Waals surface area (Å²) >= 11 is 0. The van der Waals surface area contributed by atoms with Crippen molar-refractivity contribution in [2.75, 3.05) is 0 Å². The van der Waals surface area contributed by atoms with Crippen molar-refractivity contribution in [3.8, 4) is 0 Å². The molecule has 0 saturated heterocycles. The molecule has 1 aliphatic carbocycles. The molecule has 116 valence electrons. The summed E-state index contributed by atoms with van der Waals surface area (Å²) in [6, 6.07) is 0. The number of allylic oxidation sites excluding steroid dienone is 5. The summed E-state index contributed by atoms with van der Waals surface area (Å²) in [5.41, 5.74) is 13.3. The lowest BCUT2D eigenvalue weighted by atomic mass is 9.89. The molecule has 2 nitrogen and oxygen atoms in total. The fourth-order valence-electron chi connectivity index (χ4n) is 3.47. The summed E-state index contributed by atoms with van der Waals surface area (Å²) in [6.07, 6.45) is 5.89. The predicted molar refractivity (Wildman–Crippen MR) is 95.3 cm³/mol. The number of hydrogen-bond donors (Lipinski definition) is 1. The molecule has 2 aliphatic rings. The first-order chi connectivity index (χ1) is 10.4. The highest BCUT2D eigenvalue weighted by molar-refractivity contribution is 6.02. The van der Waals surface area contributed by atoms with Gasteiger partial charge in [0.2, 0.25) is 0 Å². The highest BCUT2D eigenvalue weighted by Gasteiger charge is 2.21. The molecule has 0 spiro atoms. The van der Waals surface area contributed by atoms with Gasteiger partial charge in [-0.25, -0.2) is 0 Å². The van der Waals surface area contributed by atoms with Gasteiger partial charge in [0, 0.05) is 17.1 Å². The molecule has 0 amide bonds. The molecule has 1 aromatic heterocycles. The molecule has 0 radical (unpaired) electrons. The summed E-state index contributed by atoms with van der Waals surface area (Å²) in [5.74, 6) is 0. The summed E-state index contributed by atoms with van der Waals surface area (Å²) in [7, 11) is 0. The zero-order chi connectivity index (χ0) is 16.0. The Morgan fingerprint density at radius 3 is 2.18 bits per heavy atom. The van der Waals surface area contributed by atoms with E-state index in [0.717, 1.165) is 12.8 Å². The van der Waals surface area contributed by atoms with E-state index in [9.17, 15) is 0 Å². The van der Waals surface area contributed by atoms with Crippen molar-refractivity contribution in [3.05, 3.63) is 51.0 Å². The zero-order valence-electron chi connectivity index (χ0n) is 14.6. The van der Waals surface area contributed by atoms with Gasteiger partial charge in [0.1, 0.15) is 0 Å². The maximum Gasteiger partial charge on any atom is 0.0697 e. The molecule has 1 N–H and O–H groups in total. The van der Waals surface area contributed by atoms with Crippen LogP contribution in [0.1, 0.15) is 62.5 Å². The average molecular weight is 294 g/mol. The molecule has 1 aromatic rings. The van der Waals surface area contributed by atoms with E-state index in [2.05, 4.69) is 52.6 Å². The van der Waals surface area contributed by atoms with Crippen LogP contribution in [0.25, 0.3) is 5.57 Å². The van der Waals surface area contributed by atoms with E-state index in [1.807, 2.05) is 0 Å². The van der Waals surface area contributed by atoms with E-state index in [0.29, 0.717) is 0 Å². The van der Waals surface area contributed by atoms with Gasteiger partial charge in [-0.15, -0.1) is 0 Å². The van der Waals surface area contributed by atoms with Crippen LogP contribution in [0.5, 0.6) is 0 Å². The highest BCUT2D eigenvalue weighted by atomic mass is 14.8. The van der Waals surface area contributed by atoms with Crippen molar-refractivity contribution >= 4 is 11.3 Å². The van der Waals surface area contributed by atoms with Crippen LogP contribution in [0.3, 0.4) is 0 Å². The van der Waals surface area contributed by atoms with Gasteiger partial charge < -0.3 is 4.98 Å². The quantitative estimate of drug-likeness (QED) is 0.701. The third kappa shape index (κ3) is 2.31. The van der Waals surface area contributed by atoms with Crippen molar-refractivity contribution in [1.29, 1.82) is 0 Å². The van der Waals surface area contributed by atoms with Gasteiger partial charge in [-0.1, -0.05) is 6.08 Å². The van der Waals surface area contributed by atoms with Crippen molar-refractivity contribution in [2.45, 2.75) is 60.8 Å². The van der Waals surface area contributed by atoms with Crippen molar-refractivity contribution in [2.24, 2.45) is 4.99 Å². The van der Waals surface area contributed by atoms with Crippen molar-refractivity contribution < 1.29 is 0 Å². The van der Waals surface area contributed by atoms with E-state index in [4.69, 9.17) is 4.99 Å². The normalized spacial score (nSPS) is 22.3. The second-order valence-corrected chi connectivity index (χ2v) is 6.72. The second-order valence-electron chi connectivity index (χ2n) is 6.72. The minimum absolute atomic E-state index is 1.14. The smallest absolute Gasteiger partial charge is 0.0697 e. The molecule has 0 bridgehead atoms. The Balaban J connectivity index is 2.09. The highest BCUT2D eigenvalue weighted by Crippen LogP contribution is 2.37. The molecule has 3 rings (SSSR count). The van der Waals surface area contributed by atoms with Gasteiger partial charge in [0.25, 0.3) is 0 Å². The van der Waals surface area contributed by atoms with E-state index in [1.54, 1.807) is 0 Å². The Bertz CT molecular complexity index is 764. The van der Waals surface area contributed by atoms with Crippen LogP contribution in [0, 0.1) is 20.8 Å². The fraction of sp³-hybridized carbons (Fsp3) is 0.450. The molecule has 0 aromatic carbocycles. The molecule has 2 heteroatoms. The van der Waals surface area contributed by atoms with Crippen molar-refractivity contribution in [3.63, 3.8) is 0 Å². The van der Waals surface area contributed by atoms with Gasteiger partial charge in [0.15, 0.2) is 0 Å². The number of aromatic amines is 1. The average Bonchev–Trinajstić information content (AvgIpc) is 2.92. The largest absolute Gasteiger partial charge is 0.358 e. The SMILES string of the molecule is CC1=N/C(=C2/C=C(c3[nH]c(C)c(C)c3C)CCC2)C(C)=C1C. The topological polar surface area (TPSA) is 28.1 Å².